The first-order chi connectivity index (χ1) is 13.9. The summed E-state index contributed by atoms with van der Waals surface area (Å²) in [6.07, 6.45) is 2.69. The standard InChI is InChI=1S/C19H25N7O.C2H6/c1-12-8-16(5-4-14(12)10-22-6-3-7-23-18(20)21)26-11-15-9-13(2)24-17(15)25-19(26)27;1-2/h4-5,8-9,11,22H,3,6-7,10H2,1-2H3,(H4,20,21,23)(H,24,25,27);1-2H3. The van der Waals surface area contributed by atoms with E-state index in [2.05, 4.69) is 20.3 Å². The predicted octanol–water partition coefficient (Wildman–Crippen LogP) is 2.11. The van der Waals surface area contributed by atoms with E-state index >= 15 is 0 Å². The van der Waals surface area contributed by atoms with Crippen LogP contribution in [0.1, 0.15) is 37.1 Å². The molecule has 0 unspecified atom stereocenters. The normalized spacial score (nSPS) is 10.5. The molecular formula is C21H31N7O. The molecule has 0 amide bonds. The summed E-state index contributed by atoms with van der Waals surface area (Å²) in [6, 6.07) is 7.96. The fraction of sp³-hybridized carbons (Fsp3) is 0.381. The Morgan fingerprint density at radius 1 is 1.24 bits per heavy atom. The van der Waals surface area contributed by atoms with E-state index in [4.69, 9.17) is 11.5 Å². The minimum Gasteiger partial charge on any atom is -0.370 e. The summed E-state index contributed by atoms with van der Waals surface area (Å²) in [7, 11) is 0. The Morgan fingerprint density at radius 2 is 2.00 bits per heavy atom. The number of nitrogens with one attached hydrogen (secondary N) is 2. The van der Waals surface area contributed by atoms with Crippen LogP contribution in [0.4, 0.5) is 0 Å². The first-order valence-electron chi connectivity index (χ1n) is 9.89. The average molecular weight is 398 g/mol. The molecule has 0 saturated carbocycles. The molecule has 6 N–H and O–H groups in total. The van der Waals surface area contributed by atoms with Crippen molar-refractivity contribution < 1.29 is 0 Å². The van der Waals surface area contributed by atoms with Gasteiger partial charge in [0.05, 0.1) is 5.69 Å². The third-order valence-corrected chi connectivity index (χ3v) is 4.37. The number of fused-ring (bicyclic) bond motifs is 1. The maximum absolute atomic E-state index is 12.4. The lowest BCUT2D eigenvalue weighted by Crippen LogP contribution is -2.23. The van der Waals surface area contributed by atoms with Crippen LogP contribution >= 0.6 is 0 Å². The van der Waals surface area contributed by atoms with Crippen LogP contribution in [0.15, 0.2) is 40.2 Å². The number of aliphatic imine (C=N–C) groups is 1. The molecule has 0 spiro atoms. The molecule has 0 saturated heterocycles. The molecule has 156 valence electrons. The number of aromatic nitrogens is 3. The number of aryl methyl sites for hydroxylation is 2. The Balaban J connectivity index is 0.00000145. The van der Waals surface area contributed by atoms with E-state index in [-0.39, 0.29) is 11.6 Å². The molecule has 3 rings (SSSR count). The van der Waals surface area contributed by atoms with Gasteiger partial charge in [-0.15, -0.1) is 0 Å². The number of H-pyrrole nitrogens is 1. The SMILES string of the molecule is CC.Cc1cc2cn(-c3ccc(CNCCCN=C(N)N)c(C)c3)c(=O)nc2[nH]1. The third kappa shape index (κ3) is 5.92. The molecule has 2 heterocycles. The van der Waals surface area contributed by atoms with Gasteiger partial charge < -0.3 is 21.8 Å². The van der Waals surface area contributed by atoms with Crippen LogP contribution in [0.5, 0.6) is 0 Å². The summed E-state index contributed by atoms with van der Waals surface area (Å²) in [5, 5.41) is 4.29. The number of nitrogens with zero attached hydrogens (tertiary/aromatic N) is 3. The van der Waals surface area contributed by atoms with Crippen molar-refractivity contribution in [1.29, 1.82) is 0 Å². The van der Waals surface area contributed by atoms with E-state index in [0.717, 1.165) is 41.8 Å². The lowest BCUT2D eigenvalue weighted by Gasteiger charge is -2.11. The largest absolute Gasteiger partial charge is 0.370 e. The number of guanidine groups is 1. The number of benzene rings is 1. The number of aromatic amines is 1. The fourth-order valence-electron chi connectivity index (χ4n) is 2.98. The van der Waals surface area contributed by atoms with Gasteiger partial charge in [0, 0.05) is 30.4 Å². The molecule has 1 aromatic carbocycles. The smallest absolute Gasteiger partial charge is 0.354 e. The van der Waals surface area contributed by atoms with Crippen LogP contribution in [0.3, 0.4) is 0 Å². The number of hydrogen-bond donors (Lipinski definition) is 4. The van der Waals surface area contributed by atoms with Crippen molar-refractivity contribution in [3.63, 3.8) is 0 Å². The lowest BCUT2D eigenvalue weighted by atomic mass is 10.1. The fourth-order valence-corrected chi connectivity index (χ4v) is 2.98. The molecule has 0 aliphatic carbocycles. The van der Waals surface area contributed by atoms with Crippen LogP contribution < -0.4 is 22.5 Å². The Kier molecular flexibility index (Phi) is 7.97. The quantitative estimate of drug-likeness (QED) is 0.276. The second kappa shape index (κ2) is 10.4. The van der Waals surface area contributed by atoms with Crippen molar-refractivity contribution in [3.05, 3.63) is 57.8 Å². The van der Waals surface area contributed by atoms with Crippen molar-refractivity contribution >= 4 is 17.0 Å². The first kappa shape index (κ1) is 22.2. The second-order valence-corrected chi connectivity index (χ2v) is 6.60. The summed E-state index contributed by atoms with van der Waals surface area (Å²) in [5.41, 5.74) is 15.0. The van der Waals surface area contributed by atoms with Gasteiger partial charge >= 0.3 is 5.69 Å². The molecule has 0 aliphatic rings. The second-order valence-electron chi connectivity index (χ2n) is 6.60. The zero-order valence-corrected chi connectivity index (χ0v) is 17.6. The molecule has 2 aromatic heterocycles. The van der Waals surface area contributed by atoms with Gasteiger partial charge in [-0.05, 0) is 56.1 Å². The maximum atomic E-state index is 12.4. The van der Waals surface area contributed by atoms with Crippen molar-refractivity contribution in [2.45, 2.75) is 40.7 Å². The van der Waals surface area contributed by atoms with Gasteiger partial charge in [0.2, 0.25) is 0 Å². The summed E-state index contributed by atoms with van der Waals surface area (Å²) < 4.78 is 1.58. The molecule has 0 radical (unpaired) electrons. The highest BCUT2D eigenvalue weighted by Gasteiger charge is 2.08. The average Bonchev–Trinajstić information content (AvgIpc) is 3.05. The zero-order chi connectivity index (χ0) is 21.4. The van der Waals surface area contributed by atoms with Gasteiger partial charge in [-0.25, -0.2) is 4.79 Å². The van der Waals surface area contributed by atoms with E-state index in [1.54, 1.807) is 4.57 Å². The first-order valence-corrected chi connectivity index (χ1v) is 9.89. The Bertz CT molecular complexity index is 1030. The molecule has 0 fully saturated rings. The minimum atomic E-state index is -0.297. The number of hydrogen-bond acceptors (Lipinski definition) is 4. The van der Waals surface area contributed by atoms with Gasteiger partial charge in [-0.1, -0.05) is 19.9 Å². The highest BCUT2D eigenvalue weighted by atomic mass is 16.1. The minimum absolute atomic E-state index is 0.124. The Labute approximate surface area is 171 Å². The van der Waals surface area contributed by atoms with Gasteiger partial charge in [0.1, 0.15) is 5.65 Å². The molecule has 3 aromatic rings. The van der Waals surface area contributed by atoms with Gasteiger partial charge in [-0.3, -0.25) is 9.56 Å². The molecule has 8 heteroatoms. The van der Waals surface area contributed by atoms with Crippen molar-refractivity contribution in [2.24, 2.45) is 16.5 Å². The van der Waals surface area contributed by atoms with Crippen LogP contribution in [0.25, 0.3) is 16.7 Å². The van der Waals surface area contributed by atoms with Crippen LogP contribution in [0.2, 0.25) is 0 Å². The summed E-state index contributed by atoms with van der Waals surface area (Å²) >= 11 is 0. The van der Waals surface area contributed by atoms with Gasteiger partial charge in [-0.2, -0.15) is 4.98 Å². The topological polar surface area (TPSA) is 127 Å². The van der Waals surface area contributed by atoms with E-state index in [9.17, 15) is 4.79 Å². The summed E-state index contributed by atoms with van der Waals surface area (Å²) in [6.45, 7) is 10.2. The Hall–Kier alpha value is -3.13. The molecule has 29 heavy (non-hydrogen) atoms. The predicted molar refractivity (Wildman–Crippen MR) is 120 cm³/mol. The van der Waals surface area contributed by atoms with Gasteiger partial charge in [0.15, 0.2) is 5.96 Å². The lowest BCUT2D eigenvalue weighted by molar-refractivity contribution is 0.654. The molecule has 0 aliphatic heterocycles. The molecular weight excluding hydrogens is 366 g/mol. The van der Waals surface area contributed by atoms with E-state index in [1.807, 2.05) is 58.2 Å². The van der Waals surface area contributed by atoms with Crippen LogP contribution in [0, 0.1) is 13.8 Å². The van der Waals surface area contributed by atoms with E-state index in [0.29, 0.717) is 12.2 Å². The van der Waals surface area contributed by atoms with Gasteiger partial charge in [0.25, 0.3) is 0 Å². The van der Waals surface area contributed by atoms with Crippen molar-refractivity contribution in [3.8, 4) is 5.69 Å². The van der Waals surface area contributed by atoms with Crippen molar-refractivity contribution in [2.75, 3.05) is 13.1 Å². The van der Waals surface area contributed by atoms with Crippen molar-refractivity contribution in [1.82, 2.24) is 19.9 Å². The zero-order valence-electron chi connectivity index (χ0n) is 17.6. The summed E-state index contributed by atoms with van der Waals surface area (Å²) in [5.74, 6) is 0.124. The third-order valence-electron chi connectivity index (χ3n) is 4.37. The van der Waals surface area contributed by atoms with Crippen LogP contribution in [-0.2, 0) is 6.54 Å². The molecule has 0 atom stereocenters. The molecule has 0 bridgehead atoms. The van der Waals surface area contributed by atoms with Crippen LogP contribution in [-0.4, -0.2) is 33.6 Å². The highest BCUT2D eigenvalue weighted by Crippen LogP contribution is 2.16. The monoisotopic (exact) mass is 397 g/mol. The van der Waals surface area contributed by atoms with E-state index < -0.39 is 0 Å². The van der Waals surface area contributed by atoms with E-state index in [1.165, 1.54) is 5.56 Å². The summed E-state index contributed by atoms with van der Waals surface area (Å²) in [4.78, 5) is 23.5. The molecule has 8 nitrogen and oxygen atoms in total. The maximum Gasteiger partial charge on any atom is 0.354 e. The number of nitrogens with two attached hydrogens (primary N) is 2. The Morgan fingerprint density at radius 3 is 2.69 bits per heavy atom. The number of rotatable bonds is 7. The highest BCUT2D eigenvalue weighted by molar-refractivity contribution is 5.76.